The topological polar surface area (TPSA) is 82.2 Å². The summed E-state index contributed by atoms with van der Waals surface area (Å²) in [6.45, 7) is 0.598. The highest BCUT2D eigenvalue weighted by atomic mass is 127. The molecule has 2 aromatic heterocycles. The molecule has 1 aliphatic carbocycles. The first-order valence-corrected chi connectivity index (χ1v) is 9.65. The van der Waals surface area contributed by atoms with Gasteiger partial charge in [-0.25, -0.2) is 9.37 Å². The summed E-state index contributed by atoms with van der Waals surface area (Å²) >= 11 is 2.04. The van der Waals surface area contributed by atoms with E-state index in [2.05, 4.69) is 10.3 Å². The number of fused-ring (bicyclic) bond motifs is 1. The number of halogens is 2. The van der Waals surface area contributed by atoms with Crippen molar-refractivity contribution in [3.05, 3.63) is 45.4 Å². The van der Waals surface area contributed by atoms with Gasteiger partial charge in [0, 0.05) is 16.8 Å². The largest absolute Gasteiger partial charge is 0.492 e. The van der Waals surface area contributed by atoms with Crippen molar-refractivity contribution in [3.8, 4) is 5.75 Å². The van der Waals surface area contributed by atoms with Gasteiger partial charge in [-0.1, -0.05) is 0 Å². The number of hydrogen-bond donors (Lipinski definition) is 2. The van der Waals surface area contributed by atoms with Crippen LogP contribution in [0, 0.1) is 15.3 Å². The van der Waals surface area contributed by atoms with Gasteiger partial charge in [-0.2, -0.15) is 0 Å². The standard InChI is InChI=1S/C19H18FIN4O2/c1-25-18-15(14(6-7-23-18)27-9-10-2-3-10)16(17(22)26)19(25)24-13-5-4-11(21)8-12(13)20/h4-8,10,24H,2-3,9H2,1H3,(H2,22,26). The molecule has 1 aromatic carbocycles. The van der Waals surface area contributed by atoms with Crippen LogP contribution in [0.4, 0.5) is 15.9 Å². The third kappa shape index (κ3) is 3.45. The number of nitrogens with zero attached hydrogens (tertiary/aromatic N) is 2. The van der Waals surface area contributed by atoms with Crippen LogP contribution in [0.15, 0.2) is 30.5 Å². The number of amides is 1. The van der Waals surface area contributed by atoms with Crippen molar-refractivity contribution in [1.29, 1.82) is 0 Å². The van der Waals surface area contributed by atoms with Crippen molar-refractivity contribution in [1.82, 2.24) is 9.55 Å². The number of anilines is 2. The zero-order valence-corrected chi connectivity index (χ0v) is 16.8. The van der Waals surface area contributed by atoms with Crippen LogP contribution in [-0.2, 0) is 7.05 Å². The number of carbonyl (C=O) groups is 1. The molecule has 0 saturated heterocycles. The number of aromatic nitrogens is 2. The molecule has 4 rings (SSSR count). The molecule has 8 heteroatoms. The molecule has 3 aromatic rings. The van der Waals surface area contributed by atoms with Crippen LogP contribution in [0.2, 0.25) is 0 Å². The Balaban J connectivity index is 1.83. The lowest BCUT2D eigenvalue weighted by Gasteiger charge is -2.10. The fourth-order valence-electron chi connectivity index (χ4n) is 3.03. The maximum atomic E-state index is 14.3. The molecular formula is C19H18FIN4O2. The molecule has 2 heterocycles. The summed E-state index contributed by atoms with van der Waals surface area (Å²) in [6.07, 6.45) is 3.94. The SMILES string of the molecule is Cn1c(Nc2ccc(I)cc2F)c(C(N)=O)c2c(OCC3CC3)ccnc21. The van der Waals surface area contributed by atoms with E-state index in [-0.39, 0.29) is 11.3 Å². The molecule has 1 amide bonds. The molecule has 0 bridgehead atoms. The van der Waals surface area contributed by atoms with E-state index < -0.39 is 11.7 Å². The first kappa shape index (κ1) is 18.0. The van der Waals surface area contributed by atoms with Crippen molar-refractivity contribution in [2.45, 2.75) is 12.8 Å². The highest BCUT2D eigenvalue weighted by Crippen LogP contribution is 2.37. The van der Waals surface area contributed by atoms with Crippen LogP contribution >= 0.6 is 22.6 Å². The summed E-state index contributed by atoms with van der Waals surface area (Å²) in [5.74, 6) is 0.464. The minimum Gasteiger partial charge on any atom is -0.492 e. The van der Waals surface area contributed by atoms with E-state index in [0.29, 0.717) is 35.1 Å². The lowest BCUT2D eigenvalue weighted by Crippen LogP contribution is -2.14. The molecule has 1 aliphatic rings. The highest BCUT2D eigenvalue weighted by molar-refractivity contribution is 14.1. The van der Waals surface area contributed by atoms with Crippen molar-refractivity contribution in [3.63, 3.8) is 0 Å². The first-order chi connectivity index (χ1) is 13.0. The van der Waals surface area contributed by atoms with Gasteiger partial charge < -0.3 is 20.4 Å². The van der Waals surface area contributed by atoms with Gasteiger partial charge in [-0.05, 0) is 65.6 Å². The minimum atomic E-state index is -0.627. The lowest BCUT2D eigenvalue weighted by molar-refractivity contribution is 0.100. The van der Waals surface area contributed by atoms with Gasteiger partial charge in [0.1, 0.15) is 23.0 Å². The van der Waals surface area contributed by atoms with Crippen LogP contribution < -0.4 is 15.8 Å². The second kappa shape index (κ2) is 6.99. The molecule has 0 spiro atoms. The van der Waals surface area contributed by atoms with Gasteiger partial charge in [0.25, 0.3) is 5.91 Å². The highest BCUT2D eigenvalue weighted by Gasteiger charge is 2.26. The number of rotatable bonds is 6. The van der Waals surface area contributed by atoms with E-state index in [4.69, 9.17) is 10.5 Å². The average Bonchev–Trinajstić information content (AvgIpc) is 3.41. The average molecular weight is 480 g/mol. The van der Waals surface area contributed by atoms with Gasteiger partial charge in [0.05, 0.1) is 23.2 Å². The molecule has 1 saturated carbocycles. The second-order valence-electron chi connectivity index (χ2n) is 6.66. The van der Waals surface area contributed by atoms with Crippen LogP contribution in [0.1, 0.15) is 23.2 Å². The summed E-state index contributed by atoms with van der Waals surface area (Å²) < 4.78 is 22.7. The van der Waals surface area contributed by atoms with Crippen LogP contribution in [0.3, 0.4) is 0 Å². The molecule has 0 aliphatic heterocycles. The molecule has 27 heavy (non-hydrogen) atoms. The molecule has 1 fully saturated rings. The quantitative estimate of drug-likeness (QED) is 0.524. The molecule has 0 radical (unpaired) electrons. The molecule has 140 valence electrons. The Morgan fingerprint density at radius 2 is 2.22 bits per heavy atom. The Labute approximate surface area is 169 Å². The van der Waals surface area contributed by atoms with E-state index in [1.807, 2.05) is 22.6 Å². The predicted molar refractivity (Wildman–Crippen MR) is 110 cm³/mol. The Morgan fingerprint density at radius 1 is 1.44 bits per heavy atom. The Morgan fingerprint density at radius 3 is 2.89 bits per heavy atom. The zero-order valence-electron chi connectivity index (χ0n) is 14.6. The summed E-state index contributed by atoms with van der Waals surface area (Å²) in [5, 5.41) is 3.54. The van der Waals surface area contributed by atoms with E-state index in [9.17, 15) is 9.18 Å². The number of carbonyl (C=O) groups excluding carboxylic acids is 1. The van der Waals surface area contributed by atoms with Crippen LogP contribution in [-0.4, -0.2) is 22.1 Å². The van der Waals surface area contributed by atoms with Crippen LogP contribution in [0.5, 0.6) is 5.75 Å². The fourth-order valence-corrected chi connectivity index (χ4v) is 3.49. The van der Waals surface area contributed by atoms with Crippen molar-refractivity contribution < 1.29 is 13.9 Å². The second-order valence-corrected chi connectivity index (χ2v) is 7.90. The molecule has 3 N–H and O–H groups in total. The van der Waals surface area contributed by atoms with E-state index in [1.54, 1.807) is 36.0 Å². The number of ether oxygens (including phenoxy) is 1. The Hall–Kier alpha value is -2.36. The number of primary amides is 1. The zero-order chi connectivity index (χ0) is 19.1. The number of nitrogens with two attached hydrogens (primary N) is 1. The van der Waals surface area contributed by atoms with Gasteiger partial charge >= 0.3 is 0 Å². The minimum absolute atomic E-state index is 0.240. The summed E-state index contributed by atoms with van der Waals surface area (Å²) in [4.78, 5) is 16.6. The normalized spacial score (nSPS) is 13.7. The summed E-state index contributed by atoms with van der Waals surface area (Å²) in [6, 6.07) is 6.54. The molecule has 0 unspecified atom stereocenters. The maximum absolute atomic E-state index is 14.3. The van der Waals surface area contributed by atoms with Gasteiger partial charge in [0.2, 0.25) is 0 Å². The van der Waals surface area contributed by atoms with Crippen molar-refractivity contribution >= 4 is 51.0 Å². The van der Waals surface area contributed by atoms with Crippen molar-refractivity contribution in [2.75, 3.05) is 11.9 Å². The Bertz CT molecular complexity index is 1050. The number of nitrogens with one attached hydrogen (secondary N) is 1. The van der Waals surface area contributed by atoms with E-state index in [0.717, 1.165) is 16.4 Å². The first-order valence-electron chi connectivity index (χ1n) is 8.57. The smallest absolute Gasteiger partial charge is 0.253 e. The Kier molecular flexibility index (Phi) is 4.67. The number of hydrogen-bond acceptors (Lipinski definition) is 4. The van der Waals surface area contributed by atoms with Gasteiger partial charge in [-0.3, -0.25) is 4.79 Å². The lowest BCUT2D eigenvalue weighted by atomic mass is 10.1. The molecule has 0 atom stereocenters. The summed E-state index contributed by atoms with van der Waals surface area (Å²) in [7, 11) is 1.75. The number of benzene rings is 1. The molecular weight excluding hydrogens is 462 g/mol. The van der Waals surface area contributed by atoms with Crippen molar-refractivity contribution in [2.24, 2.45) is 18.7 Å². The third-order valence-electron chi connectivity index (χ3n) is 4.63. The van der Waals surface area contributed by atoms with Gasteiger partial charge in [0.15, 0.2) is 0 Å². The van der Waals surface area contributed by atoms with E-state index >= 15 is 0 Å². The third-order valence-corrected chi connectivity index (χ3v) is 5.31. The van der Waals surface area contributed by atoms with Crippen LogP contribution in [0.25, 0.3) is 11.0 Å². The number of aryl methyl sites for hydroxylation is 1. The number of pyridine rings is 1. The monoisotopic (exact) mass is 480 g/mol. The van der Waals surface area contributed by atoms with Gasteiger partial charge in [-0.15, -0.1) is 0 Å². The van der Waals surface area contributed by atoms with E-state index in [1.165, 1.54) is 6.07 Å². The molecule has 6 nitrogen and oxygen atoms in total. The predicted octanol–water partition coefficient (Wildman–Crippen LogP) is 3.95. The maximum Gasteiger partial charge on any atom is 0.253 e. The summed E-state index contributed by atoms with van der Waals surface area (Å²) in [5.41, 5.74) is 6.72. The fraction of sp³-hybridized carbons (Fsp3) is 0.263.